The van der Waals surface area contributed by atoms with Crippen LogP contribution in [0.15, 0.2) is 22.7 Å². The van der Waals surface area contributed by atoms with Crippen LogP contribution < -0.4 is 5.73 Å². The Hall–Kier alpha value is -0.580. The van der Waals surface area contributed by atoms with E-state index in [-0.39, 0.29) is 0 Å². The Bertz CT molecular complexity index is 408. The second-order valence-electron chi connectivity index (χ2n) is 5.12. The standard InChI is InChI=1S/C14H22BrN3/c1-3-13-10-18(7-6-17(13)2)9-11-4-5-12(15)8-14(11)16/h4-5,8,13H,3,6-7,9-10,16H2,1-2H3. The van der Waals surface area contributed by atoms with E-state index in [2.05, 4.69) is 51.8 Å². The number of halogens is 1. The molecule has 0 radical (unpaired) electrons. The molecule has 1 aliphatic rings. The molecule has 1 saturated heterocycles. The molecule has 1 fully saturated rings. The van der Waals surface area contributed by atoms with Crippen LogP contribution in [0.3, 0.4) is 0 Å². The fourth-order valence-electron chi connectivity index (χ4n) is 2.55. The van der Waals surface area contributed by atoms with Gasteiger partial charge < -0.3 is 10.6 Å². The molecule has 100 valence electrons. The van der Waals surface area contributed by atoms with Crippen molar-refractivity contribution in [1.29, 1.82) is 0 Å². The van der Waals surface area contributed by atoms with Crippen LogP contribution in [0.25, 0.3) is 0 Å². The van der Waals surface area contributed by atoms with E-state index >= 15 is 0 Å². The first kappa shape index (κ1) is 13.8. The maximum Gasteiger partial charge on any atom is 0.0371 e. The number of benzene rings is 1. The van der Waals surface area contributed by atoms with Gasteiger partial charge in [-0.05, 0) is 31.2 Å². The van der Waals surface area contributed by atoms with E-state index in [1.54, 1.807) is 0 Å². The van der Waals surface area contributed by atoms with Gasteiger partial charge in [-0.1, -0.05) is 28.9 Å². The van der Waals surface area contributed by atoms with Crippen LogP contribution in [0, 0.1) is 0 Å². The molecule has 0 bridgehead atoms. The maximum atomic E-state index is 6.07. The quantitative estimate of drug-likeness (QED) is 0.871. The van der Waals surface area contributed by atoms with Crippen LogP contribution in [-0.4, -0.2) is 42.5 Å². The second kappa shape index (κ2) is 6.04. The molecule has 2 N–H and O–H groups in total. The summed E-state index contributed by atoms with van der Waals surface area (Å²) in [6.45, 7) is 6.64. The predicted molar refractivity (Wildman–Crippen MR) is 80.5 cm³/mol. The molecule has 1 atom stereocenters. The lowest BCUT2D eigenvalue weighted by Crippen LogP contribution is -2.50. The van der Waals surface area contributed by atoms with Gasteiger partial charge in [0.2, 0.25) is 0 Å². The Labute approximate surface area is 118 Å². The summed E-state index contributed by atoms with van der Waals surface area (Å²) in [6, 6.07) is 6.86. The fourth-order valence-corrected chi connectivity index (χ4v) is 2.92. The number of likely N-dealkylation sites (N-methyl/N-ethyl adjacent to an activating group) is 1. The van der Waals surface area contributed by atoms with Crippen LogP contribution >= 0.6 is 15.9 Å². The summed E-state index contributed by atoms with van der Waals surface area (Å²) in [5.74, 6) is 0. The largest absolute Gasteiger partial charge is 0.398 e. The van der Waals surface area contributed by atoms with Crippen molar-refractivity contribution >= 4 is 21.6 Å². The Morgan fingerprint density at radius 3 is 2.83 bits per heavy atom. The fraction of sp³-hybridized carbons (Fsp3) is 0.571. The van der Waals surface area contributed by atoms with Crippen molar-refractivity contribution in [2.45, 2.75) is 25.9 Å². The van der Waals surface area contributed by atoms with Gasteiger partial charge in [0.1, 0.15) is 0 Å². The Morgan fingerprint density at radius 1 is 1.39 bits per heavy atom. The zero-order valence-electron chi connectivity index (χ0n) is 11.2. The normalized spacial score (nSPS) is 22.3. The Morgan fingerprint density at radius 2 is 2.17 bits per heavy atom. The van der Waals surface area contributed by atoms with Crippen LogP contribution in [0.5, 0.6) is 0 Å². The summed E-state index contributed by atoms with van der Waals surface area (Å²) in [5, 5.41) is 0. The zero-order chi connectivity index (χ0) is 13.1. The summed E-state index contributed by atoms with van der Waals surface area (Å²) in [4.78, 5) is 4.97. The first-order valence-electron chi connectivity index (χ1n) is 6.56. The van der Waals surface area contributed by atoms with Crippen molar-refractivity contribution in [3.63, 3.8) is 0 Å². The number of rotatable bonds is 3. The summed E-state index contributed by atoms with van der Waals surface area (Å²) in [5.41, 5.74) is 8.19. The zero-order valence-corrected chi connectivity index (χ0v) is 12.8. The van der Waals surface area contributed by atoms with E-state index in [0.29, 0.717) is 6.04 Å². The van der Waals surface area contributed by atoms with Crippen molar-refractivity contribution in [3.05, 3.63) is 28.2 Å². The first-order chi connectivity index (χ1) is 8.60. The van der Waals surface area contributed by atoms with Gasteiger partial charge in [0.15, 0.2) is 0 Å². The van der Waals surface area contributed by atoms with Crippen LogP contribution in [0.4, 0.5) is 5.69 Å². The van der Waals surface area contributed by atoms with Gasteiger partial charge in [-0.25, -0.2) is 0 Å². The number of nitrogens with two attached hydrogens (primary N) is 1. The van der Waals surface area contributed by atoms with E-state index in [1.165, 1.54) is 12.0 Å². The predicted octanol–water partition coefficient (Wildman–Crippen LogP) is 2.56. The number of hydrogen-bond acceptors (Lipinski definition) is 3. The van der Waals surface area contributed by atoms with Gasteiger partial charge >= 0.3 is 0 Å². The molecule has 18 heavy (non-hydrogen) atoms. The average Bonchev–Trinajstić information content (AvgIpc) is 2.35. The molecule has 3 nitrogen and oxygen atoms in total. The van der Waals surface area contributed by atoms with Crippen molar-refractivity contribution in [2.24, 2.45) is 0 Å². The second-order valence-corrected chi connectivity index (χ2v) is 6.04. The van der Waals surface area contributed by atoms with E-state index < -0.39 is 0 Å². The van der Waals surface area contributed by atoms with E-state index in [9.17, 15) is 0 Å². The van der Waals surface area contributed by atoms with E-state index in [1.807, 2.05) is 6.07 Å². The first-order valence-corrected chi connectivity index (χ1v) is 7.36. The molecule has 1 aliphatic heterocycles. The Kier molecular flexibility index (Phi) is 4.65. The molecular formula is C14H22BrN3. The minimum Gasteiger partial charge on any atom is -0.398 e. The number of nitrogens with zero attached hydrogens (tertiary/aromatic N) is 2. The van der Waals surface area contributed by atoms with Gasteiger partial charge in [-0.15, -0.1) is 0 Å². The lowest BCUT2D eigenvalue weighted by Gasteiger charge is -2.39. The highest BCUT2D eigenvalue weighted by Gasteiger charge is 2.22. The topological polar surface area (TPSA) is 32.5 Å². The highest BCUT2D eigenvalue weighted by atomic mass is 79.9. The number of piperazine rings is 1. The van der Waals surface area contributed by atoms with Crippen molar-refractivity contribution in [1.82, 2.24) is 9.80 Å². The van der Waals surface area contributed by atoms with Crippen molar-refractivity contribution in [2.75, 3.05) is 32.4 Å². The van der Waals surface area contributed by atoms with Gasteiger partial charge in [-0.3, -0.25) is 4.90 Å². The summed E-state index contributed by atoms with van der Waals surface area (Å²) in [6.07, 6.45) is 1.21. The van der Waals surface area contributed by atoms with Crippen molar-refractivity contribution in [3.8, 4) is 0 Å². The van der Waals surface area contributed by atoms with Gasteiger partial charge in [0.25, 0.3) is 0 Å². The molecule has 0 spiro atoms. The monoisotopic (exact) mass is 311 g/mol. The number of nitrogen functional groups attached to an aromatic ring is 1. The van der Waals surface area contributed by atoms with E-state index in [0.717, 1.165) is 36.3 Å². The molecule has 1 aromatic carbocycles. The number of hydrogen-bond donors (Lipinski definition) is 1. The molecule has 0 saturated carbocycles. The molecule has 1 aromatic rings. The summed E-state index contributed by atoms with van der Waals surface area (Å²) in [7, 11) is 2.22. The highest BCUT2D eigenvalue weighted by Crippen LogP contribution is 2.21. The molecule has 0 amide bonds. The number of anilines is 1. The Balaban J connectivity index is 2.01. The van der Waals surface area contributed by atoms with Gasteiger partial charge in [0.05, 0.1) is 0 Å². The lowest BCUT2D eigenvalue weighted by molar-refractivity contribution is 0.0885. The maximum absolute atomic E-state index is 6.07. The SMILES string of the molecule is CCC1CN(Cc2ccc(Br)cc2N)CCN1C. The van der Waals surface area contributed by atoms with E-state index in [4.69, 9.17) is 5.73 Å². The third-order valence-corrected chi connectivity index (χ3v) is 4.33. The molecule has 0 aliphatic carbocycles. The van der Waals surface area contributed by atoms with Gasteiger partial charge in [-0.2, -0.15) is 0 Å². The molecule has 0 aromatic heterocycles. The van der Waals surface area contributed by atoms with Crippen LogP contribution in [0.2, 0.25) is 0 Å². The molecule has 4 heteroatoms. The third kappa shape index (κ3) is 3.25. The van der Waals surface area contributed by atoms with Crippen molar-refractivity contribution < 1.29 is 0 Å². The summed E-state index contributed by atoms with van der Waals surface area (Å²) < 4.78 is 1.05. The minimum absolute atomic E-state index is 0.676. The molecule has 1 heterocycles. The molecule has 1 unspecified atom stereocenters. The average molecular weight is 312 g/mol. The smallest absolute Gasteiger partial charge is 0.0371 e. The highest BCUT2D eigenvalue weighted by molar-refractivity contribution is 9.10. The lowest BCUT2D eigenvalue weighted by atomic mass is 10.1. The molecule has 2 rings (SSSR count). The molecular weight excluding hydrogens is 290 g/mol. The summed E-state index contributed by atoms with van der Waals surface area (Å²) >= 11 is 3.45. The van der Waals surface area contributed by atoms with Crippen LogP contribution in [0.1, 0.15) is 18.9 Å². The minimum atomic E-state index is 0.676. The van der Waals surface area contributed by atoms with Crippen LogP contribution in [-0.2, 0) is 6.54 Å². The third-order valence-electron chi connectivity index (χ3n) is 3.83. The van der Waals surface area contributed by atoms with Gasteiger partial charge in [0, 0.05) is 42.4 Å².